The summed E-state index contributed by atoms with van der Waals surface area (Å²) in [5.41, 5.74) is 3.33. The summed E-state index contributed by atoms with van der Waals surface area (Å²) in [6, 6.07) is 5.49. The van der Waals surface area contributed by atoms with Crippen LogP contribution in [-0.4, -0.2) is 34.4 Å². The largest absolute Gasteiger partial charge is 0.341 e. The first-order valence-corrected chi connectivity index (χ1v) is 8.96. The lowest BCUT2D eigenvalue weighted by Gasteiger charge is -2.09. The normalized spacial score (nSPS) is 11.7. The van der Waals surface area contributed by atoms with Crippen LogP contribution in [0.4, 0.5) is 15.6 Å². The molecule has 128 valence electrons. The zero-order chi connectivity index (χ0) is 17.7. The summed E-state index contributed by atoms with van der Waals surface area (Å²) < 4.78 is 0.655. The fourth-order valence-corrected chi connectivity index (χ4v) is 3.70. The van der Waals surface area contributed by atoms with Crippen LogP contribution in [0, 0.1) is 13.8 Å². The number of hydrogen-bond donors (Lipinski definition) is 3. The fraction of sp³-hybridized carbons (Fsp3) is 0.333. The van der Waals surface area contributed by atoms with Crippen molar-refractivity contribution in [2.75, 3.05) is 12.4 Å². The van der Waals surface area contributed by atoms with E-state index in [0.717, 1.165) is 11.3 Å². The number of thioether (sulfide) groups is 1. The van der Waals surface area contributed by atoms with E-state index in [4.69, 9.17) is 0 Å². The van der Waals surface area contributed by atoms with Crippen LogP contribution >= 0.6 is 23.1 Å². The van der Waals surface area contributed by atoms with Gasteiger partial charge in [0.15, 0.2) is 4.34 Å². The highest BCUT2D eigenvalue weighted by Gasteiger charge is 2.19. The van der Waals surface area contributed by atoms with Gasteiger partial charge in [-0.05, 0) is 38.0 Å². The number of urea groups is 1. The summed E-state index contributed by atoms with van der Waals surface area (Å²) in [5, 5.41) is 16.2. The first-order valence-electron chi connectivity index (χ1n) is 7.26. The van der Waals surface area contributed by atoms with Crippen molar-refractivity contribution in [3.05, 3.63) is 29.3 Å². The molecular weight excluding hydrogens is 346 g/mol. The van der Waals surface area contributed by atoms with Gasteiger partial charge >= 0.3 is 6.03 Å². The van der Waals surface area contributed by atoms with Crippen molar-refractivity contribution in [3.8, 4) is 0 Å². The number of carbonyl (C=O) groups is 2. The molecule has 0 saturated carbocycles. The molecule has 0 aliphatic rings. The summed E-state index contributed by atoms with van der Waals surface area (Å²) >= 11 is 2.62. The Bertz CT molecular complexity index is 747. The summed E-state index contributed by atoms with van der Waals surface area (Å²) in [6.07, 6.45) is 0. The van der Waals surface area contributed by atoms with E-state index in [1.165, 1.54) is 35.7 Å². The van der Waals surface area contributed by atoms with Crippen LogP contribution in [-0.2, 0) is 4.79 Å². The zero-order valence-corrected chi connectivity index (χ0v) is 15.5. The molecule has 3 amide bonds. The van der Waals surface area contributed by atoms with Crippen LogP contribution in [0.5, 0.6) is 0 Å². The molecule has 0 spiro atoms. The van der Waals surface area contributed by atoms with E-state index in [1.54, 1.807) is 6.92 Å². The number of benzene rings is 1. The average molecular weight is 365 g/mol. The molecule has 1 aromatic carbocycles. The second-order valence-corrected chi connectivity index (χ2v) is 7.64. The molecule has 9 heteroatoms. The highest BCUT2D eigenvalue weighted by Crippen LogP contribution is 2.31. The van der Waals surface area contributed by atoms with E-state index in [2.05, 4.69) is 39.1 Å². The molecule has 0 radical (unpaired) electrons. The maximum absolute atomic E-state index is 11.8. The highest BCUT2D eigenvalue weighted by molar-refractivity contribution is 8.02. The van der Waals surface area contributed by atoms with Gasteiger partial charge in [0.1, 0.15) is 0 Å². The topological polar surface area (TPSA) is 96.0 Å². The molecule has 7 nitrogen and oxygen atoms in total. The molecular formula is C15H19N5O2S2. The minimum absolute atomic E-state index is 0.376. The summed E-state index contributed by atoms with van der Waals surface area (Å²) in [6.45, 7) is 5.80. The SMILES string of the molecule is CNC(=O)NC(=O)C(C)Sc1nnc(Nc2cccc(C)c2C)s1. The van der Waals surface area contributed by atoms with Crippen molar-refractivity contribution >= 4 is 45.9 Å². The molecule has 0 aliphatic carbocycles. The first kappa shape index (κ1) is 18.2. The molecule has 1 aromatic heterocycles. The number of nitrogens with one attached hydrogen (secondary N) is 3. The number of imide groups is 1. The number of carbonyl (C=O) groups excluding carboxylic acids is 2. The van der Waals surface area contributed by atoms with Gasteiger partial charge in [-0.1, -0.05) is 35.2 Å². The second-order valence-electron chi connectivity index (χ2n) is 5.07. The number of anilines is 2. The van der Waals surface area contributed by atoms with Crippen molar-refractivity contribution in [2.24, 2.45) is 0 Å². The third-order valence-electron chi connectivity index (χ3n) is 3.36. The monoisotopic (exact) mass is 365 g/mol. The van der Waals surface area contributed by atoms with Gasteiger partial charge in [0.2, 0.25) is 11.0 Å². The van der Waals surface area contributed by atoms with Crippen LogP contribution in [0.15, 0.2) is 22.5 Å². The minimum atomic E-state index is -0.526. The molecule has 0 fully saturated rings. The summed E-state index contributed by atoms with van der Waals surface area (Å²) in [5.74, 6) is -0.376. The van der Waals surface area contributed by atoms with Gasteiger partial charge in [-0.2, -0.15) is 0 Å². The molecule has 1 unspecified atom stereocenters. The molecule has 24 heavy (non-hydrogen) atoms. The van der Waals surface area contributed by atoms with E-state index in [0.29, 0.717) is 9.47 Å². The Morgan fingerprint density at radius 2 is 2.00 bits per heavy atom. The van der Waals surface area contributed by atoms with Gasteiger partial charge in [-0.15, -0.1) is 10.2 Å². The first-order chi connectivity index (χ1) is 11.4. The van der Waals surface area contributed by atoms with Gasteiger partial charge < -0.3 is 10.6 Å². The molecule has 3 N–H and O–H groups in total. The molecule has 2 aromatic rings. The van der Waals surface area contributed by atoms with Crippen molar-refractivity contribution in [3.63, 3.8) is 0 Å². The predicted molar refractivity (Wildman–Crippen MR) is 97.0 cm³/mol. The molecule has 1 heterocycles. The second kappa shape index (κ2) is 8.11. The summed E-state index contributed by atoms with van der Waals surface area (Å²) in [4.78, 5) is 23.0. The van der Waals surface area contributed by atoms with Crippen LogP contribution in [0.2, 0.25) is 0 Å². The van der Waals surface area contributed by atoms with Crippen molar-refractivity contribution in [2.45, 2.75) is 30.4 Å². The van der Waals surface area contributed by atoms with Crippen LogP contribution in [0.25, 0.3) is 0 Å². The number of aromatic nitrogens is 2. The Morgan fingerprint density at radius 3 is 2.71 bits per heavy atom. The number of rotatable bonds is 5. The van der Waals surface area contributed by atoms with E-state index in [9.17, 15) is 9.59 Å². The lowest BCUT2D eigenvalue weighted by atomic mass is 10.1. The molecule has 0 aliphatic heterocycles. The fourth-order valence-electron chi connectivity index (χ4n) is 1.79. The number of nitrogens with zero attached hydrogens (tertiary/aromatic N) is 2. The van der Waals surface area contributed by atoms with Gasteiger partial charge in [0.25, 0.3) is 0 Å². The van der Waals surface area contributed by atoms with Gasteiger partial charge in [0, 0.05) is 12.7 Å². The van der Waals surface area contributed by atoms with E-state index in [1.807, 2.05) is 19.1 Å². The maximum atomic E-state index is 11.8. The molecule has 1 atom stereocenters. The van der Waals surface area contributed by atoms with Gasteiger partial charge in [-0.25, -0.2) is 4.79 Å². The van der Waals surface area contributed by atoms with Crippen LogP contribution in [0.3, 0.4) is 0 Å². The molecule has 0 saturated heterocycles. The Morgan fingerprint density at radius 1 is 1.25 bits per heavy atom. The van der Waals surface area contributed by atoms with Crippen molar-refractivity contribution in [1.29, 1.82) is 0 Å². The van der Waals surface area contributed by atoms with Gasteiger partial charge in [0.05, 0.1) is 5.25 Å². The standard InChI is InChI=1S/C15H19N5O2S2/c1-8-6-5-7-11(9(8)2)17-14-19-20-15(24-14)23-10(3)12(21)18-13(22)16-4/h5-7,10H,1-4H3,(H,17,19)(H2,16,18,21,22). The van der Waals surface area contributed by atoms with E-state index >= 15 is 0 Å². The third-order valence-corrected chi connectivity index (χ3v) is 5.39. The minimum Gasteiger partial charge on any atom is -0.341 e. The zero-order valence-electron chi connectivity index (χ0n) is 13.8. The molecule has 2 rings (SSSR count). The van der Waals surface area contributed by atoms with Gasteiger partial charge in [-0.3, -0.25) is 10.1 Å². The number of hydrogen-bond acceptors (Lipinski definition) is 7. The number of amides is 3. The molecule has 0 bridgehead atoms. The van der Waals surface area contributed by atoms with Crippen LogP contribution in [0.1, 0.15) is 18.1 Å². The Hall–Kier alpha value is -2.13. The number of aryl methyl sites for hydroxylation is 1. The van der Waals surface area contributed by atoms with E-state index < -0.39 is 11.3 Å². The highest BCUT2D eigenvalue weighted by atomic mass is 32.2. The Kier molecular flexibility index (Phi) is 6.16. The lowest BCUT2D eigenvalue weighted by Crippen LogP contribution is -2.41. The third kappa shape index (κ3) is 4.68. The van der Waals surface area contributed by atoms with Crippen molar-refractivity contribution < 1.29 is 9.59 Å². The predicted octanol–water partition coefficient (Wildman–Crippen LogP) is 2.83. The van der Waals surface area contributed by atoms with Crippen molar-refractivity contribution in [1.82, 2.24) is 20.8 Å². The quantitative estimate of drug-likeness (QED) is 0.705. The smallest absolute Gasteiger partial charge is 0.321 e. The van der Waals surface area contributed by atoms with Crippen LogP contribution < -0.4 is 16.0 Å². The summed E-state index contributed by atoms with van der Waals surface area (Å²) in [7, 11) is 1.45. The average Bonchev–Trinajstić information content (AvgIpc) is 2.98. The maximum Gasteiger partial charge on any atom is 0.321 e. The Labute approximate surface area is 148 Å². The Balaban J connectivity index is 1.99. The lowest BCUT2D eigenvalue weighted by molar-refractivity contribution is -0.119. The van der Waals surface area contributed by atoms with E-state index in [-0.39, 0.29) is 5.91 Å².